The smallest absolute Gasteiger partial charge is 0.124 e. The van der Waals surface area contributed by atoms with E-state index in [0.717, 1.165) is 11.4 Å². The van der Waals surface area contributed by atoms with Crippen LogP contribution in [0.3, 0.4) is 0 Å². The molecular formula is C8H15N3O2. The van der Waals surface area contributed by atoms with Crippen molar-refractivity contribution in [3.63, 3.8) is 0 Å². The van der Waals surface area contributed by atoms with E-state index in [1.165, 1.54) is 0 Å². The van der Waals surface area contributed by atoms with Gasteiger partial charge in [-0.3, -0.25) is 0 Å². The molecule has 0 unspecified atom stereocenters. The summed E-state index contributed by atoms with van der Waals surface area (Å²) in [4.78, 5) is 5.16. The lowest BCUT2D eigenvalue weighted by Gasteiger charge is -2.05. The molecule has 1 N–H and O–H groups in total. The Balaban J connectivity index is 2.17. The second-order valence-corrected chi connectivity index (χ2v) is 3.32. The van der Waals surface area contributed by atoms with E-state index in [2.05, 4.69) is 34.3 Å². The van der Waals surface area contributed by atoms with Crippen LogP contribution in [-0.4, -0.2) is 16.9 Å². The normalized spacial score (nSPS) is 11.1. The van der Waals surface area contributed by atoms with Gasteiger partial charge in [-0.2, -0.15) is 5.48 Å². The second kappa shape index (κ2) is 4.94. The van der Waals surface area contributed by atoms with E-state index < -0.39 is 0 Å². The Morgan fingerprint density at radius 1 is 1.46 bits per heavy atom. The van der Waals surface area contributed by atoms with Crippen LogP contribution in [-0.2, 0) is 11.4 Å². The number of hydrogen-bond acceptors (Lipinski definition) is 5. The van der Waals surface area contributed by atoms with Crippen molar-refractivity contribution in [2.75, 3.05) is 6.61 Å². The molecule has 0 spiro atoms. The maximum Gasteiger partial charge on any atom is 0.124 e. The van der Waals surface area contributed by atoms with E-state index in [-0.39, 0.29) is 0 Å². The first kappa shape index (κ1) is 10.1. The number of hydroxylamine groups is 1. The van der Waals surface area contributed by atoms with Gasteiger partial charge >= 0.3 is 0 Å². The van der Waals surface area contributed by atoms with Gasteiger partial charge in [-0.1, -0.05) is 24.2 Å². The van der Waals surface area contributed by atoms with Gasteiger partial charge in [0.25, 0.3) is 0 Å². The summed E-state index contributed by atoms with van der Waals surface area (Å²) in [5.74, 6) is 0.518. The molecule has 0 radical (unpaired) electrons. The number of aryl methyl sites for hydroxylation is 1. The lowest BCUT2D eigenvalue weighted by Crippen LogP contribution is -2.18. The molecule has 1 aromatic heterocycles. The zero-order chi connectivity index (χ0) is 9.68. The molecule has 13 heavy (non-hydrogen) atoms. The zero-order valence-corrected chi connectivity index (χ0v) is 8.20. The fourth-order valence-corrected chi connectivity index (χ4v) is 0.755. The summed E-state index contributed by atoms with van der Waals surface area (Å²) >= 11 is 0. The highest BCUT2D eigenvalue weighted by molar-refractivity contribution is 5.03. The third-order valence-corrected chi connectivity index (χ3v) is 1.50. The highest BCUT2D eigenvalue weighted by Gasteiger charge is 2.03. The fourth-order valence-electron chi connectivity index (χ4n) is 0.755. The Labute approximate surface area is 77.4 Å². The first-order valence-corrected chi connectivity index (χ1v) is 4.33. The van der Waals surface area contributed by atoms with Crippen LogP contribution in [0.1, 0.15) is 25.2 Å². The van der Waals surface area contributed by atoms with Crippen LogP contribution in [0.25, 0.3) is 0 Å². The molecule has 0 aromatic carbocycles. The minimum Gasteiger partial charge on any atom is -0.301 e. The molecule has 0 bridgehead atoms. The zero-order valence-electron chi connectivity index (χ0n) is 8.20. The molecule has 1 heterocycles. The summed E-state index contributed by atoms with van der Waals surface area (Å²) in [6.07, 6.45) is 0. The van der Waals surface area contributed by atoms with Crippen molar-refractivity contribution in [2.24, 2.45) is 5.92 Å². The van der Waals surface area contributed by atoms with E-state index >= 15 is 0 Å². The summed E-state index contributed by atoms with van der Waals surface area (Å²) in [5.41, 5.74) is 4.37. The maximum atomic E-state index is 5.16. The van der Waals surface area contributed by atoms with Crippen molar-refractivity contribution in [3.8, 4) is 0 Å². The minimum absolute atomic E-state index is 0.518. The lowest BCUT2D eigenvalue weighted by atomic mass is 10.2. The molecule has 5 heteroatoms. The summed E-state index contributed by atoms with van der Waals surface area (Å²) in [6.45, 7) is 7.23. The number of nitrogens with zero attached hydrogens (tertiary/aromatic N) is 2. The molecule has 0 saturated heterocycles. The Kier molecular flexibility index (Phi) is 3.85. The molecule has 0 amide bonds. The van der Waals surface area contributed by atoms with Gasteiger partial charge in [0, 0.05) is 0 Å². The molecule has 0 atom stereocenters. The summed E-state index contributed by atoms with van der Waals surface area (Å²) in [5, 5.41) is 7.35. The van der Waals surface area contributed by atoms with E-state index in [4.69, 9.17) is 4.84 Å². The largest absolute Gasteiger partial charge is 0.301 e. The quantitative estimate of drug-likeness (QED) is 0.549. The van der Waals surface area contributed by atoms with Gasteiger partial charge in [0.05, 0.1) is 13.2 Å². The second-order valence-electron chi connectivity index (χ2n) is 3.32. The van der Waals surface area contributed by atoms with Crippen molar-refractivity contribution in [2.45, 2.75) is 27.3 Å². The summed E-state index contributed by atoms with van der Waals surface area (Å²) in [7, 11) is 0. The van der Waals surface area contributed by atoms with Crippen molar-refractivity contribution in [1.82, 2.24) is 15.8 Å². The standard InChI is InChI=1S/C8H15N3O2/c1-6(2)5-12-9-4-8-7(3)10-13-11-8/h6,9H,4-5H2,1-3H3. The Morgan fingerprint density at radius 2 is 2.23 bits per heavy atom. The Bertz CT molecular complexity index is 247. The van der Waals surface area contributed by atoms with Crippen LogP contribution in [0.5, 0.6) is 0 Å². The molecule has 5 nitrogen and oxygen atoms in total. The molecule has 0 saturated carbocycles. The van der Waals surface area contributed by atoms with Crippen LogP contribution >= 0.6 is 0 Å². The van der Waals surface area contributed by atoms with Crippen molar-refractivity contribution in [1.29, 1.82) is 0 Å². The molecular weight excluding hydrogens is 170 g/mol. The SMILES string of the molecule is Cc1nonc1CNOCC(C)C. The third-order valence-electron chi connectivity index (χ3n) is 1.50. The number of hydrogen-bond donors (Lipinski definition) is 1. The third kappa shape index (κ3) is 3.52. The molecule has 0 aliphatic heterocycles. The van der Waals surface area contributed by atoms with Crippen LogP contribution in [0.15, 0.2) is 4.63 Å². The van der Waals surface area contributed by atoms with E-state index in [1.807, 2.05) is 6.92 Å². The van der Waals surface area contributed by atoms with Crippen LogP contribution in [0, 0.1) is 12.8 Å². The van der Waals surface area contributed by atoms with Gasteiger partial charge in [0.15, 0.2) is 0 Å². The predicted molar refractivity (Wildman–Crippen MR) is 46.7 cm³/mol. The van der Waals surface area contributed by atoms with E-state index in [0.29, 0.717) is 19.1 Å². The highest BCUT2D eigenvalue weighted by atomic mass is 16.6. The fraction of sp³-hybridized carbons (Fsp3) is 0.750. The maximum absolute atomic E-state index is 5.16. The Hall–Kier alpha value is -0.940. The first-order valence-electron chi connectivity index (χ1n) is 4.33. The van der Waals surface area contributed by atoms with Gasteiger partial charge < -0.3 is 4.84 Å². The number of nitrogens with one attached hydrogen (secondary N) is 1. The van der Waals surface area contributed by atoms with Crippen molar-refractivity contribution < 1.29 is 9.47 Å². The predicted octanol–water partition coefficient (Wildman–Crippen LogP) is 1.06. The van der Waals surface area contributed by atoms with Gasteiger partial charge in [-0.05, 0) is 12.8 Å². The molecule has 0 fully saturated rings. The van der Waals surface area contributed by atoms with Gasteiger partial charge in [0.1, 0.15) is 11.4 Å². The minimum atomic E-state index is 0.518. The monoisotopic (exact) mass is 185 g/mol. The molecule has 74 valence electrons. The van der Waals surface area contributed by atoms with Gasteiger partial charge in [0.2, 0.25) is 0 Å². The van der Waals surface area contributed by atoms with Crippen LogP contribution in [0.2, 0.25) is 0 Å². The highest BCUT2D eigenvalue weighted by Crippen LogP contribution is 1.99. The molecule has 0 aliphatic rings. The average Bonchev–Trinajstić information content (AvgIpc) is 2.45. The van der Waals surface area contributed by atoms with Crippen molar-refractivity contribution >= 4 is 0 Å². The van der Waals surface area contributed by atoms with Crippen LogP contribution in [0.4, 0.5) is 0 Å². The summed E-state index contributed by atoms with van der Waals surface area (Å²) < 4.78 is 4.53. The Morgan fingerprint density at radius 3 is 2.77 bits per heavy atom. The molecule has 1 aromatic rings. The van der Waals surface area contributed by atoms with E-state index in [9.17, 15) is 0 Å². The average molecular weight is 185 g/mol. The summed E-state index contributed by atoms with van der Waals surface area (Å²) in [6, 6.07) is 0. The topological polar surface area (TPSA) is 60.2 Å². The molecule has 1 rings (SSSR count). The van der Waals surface area contributed by atoms with Gasteiger partial charge in [-0.15, -0.1) is 0 Å². The van der Waals surface area contributed by atoms with Crippen LogP contribution < -0.4 is 5.48 Å². The lowest BCUT2D eigenvalue weighted by molar-refractivity contribution is 0.0185. The molecule has 0 aliphatic carbocycles. The van der Waals surface area contributed by atoms with Crippen molar-refractivity contribution in [3.05, 3.63) is 11.4 Å². The van der Waals surface area contributed by atoms with Gasteiger partial charge in [-0.25, -0.2) is 4.63 Å². The first-order chi connectivity index (χ1) is 6.20. The number of aromatic nitrogens is 2. The number of rotatable bonds is 5. The van der Waals surface area contributed by atoms with E-state index in [1.54, 1.807) is 0 Å².